The number of halogens is 1. The van der Waals surface area contributed by atoms with Crippen LogP contribution in [0.25, 0.3) is 0 Å². The largest absolute Gasteiger partial charge is 0.478 e. The van der Waals surface area contributed by atoms with Crippen molar-refractivity contribution in [2.75, 3.05) is 4.72 Å². The van der Waals surface area contributed by atoms with Gasteiger partial charge in [0.25, 0.3) is 10.0 Å². The summed E-state index contributed by atoms with van der Waals surface area (Å²) < 4.78 is 40.3. The average molecular weight is 341 g/mol. The molecule has 1 aromatic carbocycles. The van der Waals surface area contributed by atoms with Crippen LogP contribution in [0, 0.1) is 5.82 Å². The van der Waals surface area contributed by atoms with Crippen LogP contribution in [0.4, 0.5) is 10.1 Å². The minimum absolute atomic E-state index is 0.0140. The Morgan fingerprint density at radius 2 is 2.00 bits per heavy atom. The summed E-state index contributed by atoms with van der Waals surface area (Å²) in [6, 6.07) is 6.40. The van der Waals surface area contributed by atoms with Gasteiger partial charge in [-0.1, -0.05) is 0 Å². The van der Waals surface area contributed by atoms with Crippen LogP contribution in [0.15, 0.2) is 34.5 Å². The number of hydrogen-bond acceptors (Lipinski definition) is 4. The molecule has 1 aliphatic rings. The first-order chi connectivity index (χ1) is 10.4. The van der Waals surface area contributed by atoms with Crippen LogP contribution in [0.1, 0.15) is 34.0 Å². The van der Waals surface area contributed by atoms with Crippen molar-refractivity contribution in [2.45, 2.75) is 23.0 Å². The number of carboxylic acid groups (broad SMARTS) is 1. The number of hydrogen-bond donors (Lipinski definition) is 2. The topological polar surface area (TPSA) is 83.5 Å². The van der Waals surface area contributed by atoms with Gasteiger partial charge in [-0.05, 0) is 49.1 Å². The van der Waals surface area contributed by atoms with Gasteiger partial charge >= 0.3 is 5.97 Å². The van der Waals surface area contributed by atoms with Gasteiger partial charge in [-0.15, -0.1) is 11.3 Å². The van der Waals surface area contributed by atoms with Gasteiger partial charge in [-0.2, -0.15) is 0 Å². The molecule has 1 aromatic heterocycles. The van der Waals surface area contributed by atoms with Gasteiger partial charge in [0, 0.05) is 10.6 Å². The number of rotatable bonds is 5. The maximum Gasteiger partial charge on any atom is 0.338 e. The van der Waals surface area contributed by atoms with Crippen LogP contribution in [0.5, 0.6) is 0 Å². The molecule has 5 nitrogen and oxygen atoms in total. The number of nitrogens with one attached hydrogen (secondary N) is 1. The Hall–Kier alpha value is -1.93. The maximum absolute atomic E-state index is 13.3. The van der Waals surface area contributed by atoms with Gasteiger partial charge in [0.15, 0.2) is 0 Å². The van der Waals surface area contributed by atoms with Gasteiger partial charge in [0.1, 0.15) is 10.0 Å². The minimum atomic E-state index is -3.80. The third-order valence-corrected chi connectivity index (χ3v) is 6.42. The Labute approximate surface area is 130 Å². The lowest BCUT2D eigenvalue weighted by molar-refractivity contribution is 0.0692. The Balaban J connectivity index is 1.87. The van der Waals surface area contributed by atoms with E-state index in [1.165, 1.54) is 23.5 Å². The molecule has 1 fully saturated rings. The fourth-order valence-corrected chi connectivity index (χ4v) is 4.57. The molecule has 3 rings (SSSR count). The zero-order valence-corrected chi connectivity index (χ0v) is 12.9. The number of benzene rings is 1. The molecular weight excluding hydrogens is 329 g/mol. The number of anilines is 1. The molecule has 2 aromatic rings. The van der Waals surface area contributed by atoms with Crippen LogP contribution < -0.4 is 4.72 Å². The quantitative estimate of drug-likeness (QED) is 0.874. The lowest BCUT2D eigenvalue weighted by Gasteiger charge is -2.07. The molecule has 0 atom stereocenters. The second-order valence-corrected chi connectivity index (χ2v) is 8.06. The second kappa shape index (κ2) is 5.36. The summed E-state index contributed by atoms with van der Waals surface area (Å²) in [7, 11) is -3.80. The third kappa shape index (κ3) is 2.97. The Bertz CT molecular complexity index is 840. The summed E-state index contributed by atoms with van der Waals surface area (Å²) in [5, 5.41) is 8.86. The van der Waals surface area contributed by atoms with Gasteiger partial charge in [0.05, 0.1) is 5.56 Å². The highest BCUT2D eigenvalue weighted by Gasteiger charge is 2.27. The van der Waals surface area contributed by atoms with Crippen LogP contribution in [0.3, 0.4) is 0 Å². The predicted molar refractivity (Wildman–Crippen MR) is 80.5 cm³/mol. The first-order valence-corrected chi connectivity index (χ1v) is 8.82. The average Bonchev–Trinajstić information content (AvgIpc) is 3.17. The molecule has 8 heteroatoms. The Kier molecular flexibility index (Phi) is 3.65. The van der Waals surface area contributed by atoms with Crippen LogP contribution >= 0.6 is 11.3 Å². The smallest absolute Gasteiger partial charge is 0.338 e. The number of aromatic carboxylic acids is 1. The molecule has 0 bridgehead atoms. The Morgan fingerprint density at radius 3 is 2.64 bits per heavy atom. The number of carbonyl (C=O) groups is 1. The van der Waals surface area contributed by atoms with E-state index in [1.807, 2.05) is 0 Å². The van der Waals surface area contributed by atoms with Gasteiger partial charge in [0.2, 0.25) is 0 Å². The monoisotopic (exact) mass is 341 g/mol. The van der Waals surface area contributed by atoms with Crippen molar-refractivity contribution in [3.63, 3.8) is 0 Å². The van der Waals surface area contributed by atoms with E-state index in [9.17, 15) is 17.6 Å². The standard InChI is InChI=1S/C14H12FNO4S2/c15-11-4-3-9(7-10(11)14(17)18)16-22(19,20)13-6-5-12(21-13)8-1-2-8/h3-8,16H,1-2H2,(H,17,18). The summed E-state index contributed by atoms with van der Waals surface area (Å²) in [6.45, 7) is 0. The summed E-state index contributed by atoms with van der Waals surface area (Å²) in [4.78, 5) is 11.9. The van der Waals surface area contributed by atoms with Gasteiger partial charge in [-0.25, -0.2) is 17.6 Å². The van der Waals surface area contributed by atoms with E-state index in [-0.39, 0.29) is 9.90 Å². The molecule has 1 saturated carbocycles. The molecule has 0 saturated heterocycles. The van der Waals surface area contributed by atoms with Crippen molar-refractivity contribution >= 4 is 33.0 Å². The second-order valence-electron chi connectivity index (χ2n) is 5.04. The molecule has 0 aliphatic heterocycles. The molecule has 0 spiro atoms. The molecule has 0 radical (unpaired) electrons. The SMILES string of the molecule is O=C(O)c1cc(NS(=O)(=O)c2ccc(C3CC3)s2)ccc1F. The van der Waals surface area contributed by atoms with Crippen LogP contribution in [-0.2, 0) is 10.0 Å². The van der Waals surface area contributed by atoms with Crippen molar-refractivity contribution in [1.82, 2.24) is 0 Å². The van der Waals surface area contributed by atoms with Crippen molar-refractivity contribution in [3.05, 3.63) is 46.6 Å². The zero-order valence-electron chi connectivity index (χ0n) is 11.2. The summed E-state index contributed by atoms with van der Waals surface area (Å²) in [5.41, 5.74) is -0.565. The van der Waals surface area contributed by atoms with E-state index in [2.05, 4.69) is 4.72 Å². The lowest BCUT2D eigenvalue weighted by atomic mass is 10.2. The number of sulfonamides is 1. The minimum Gasteiger partial charge on any atom is -0.478 e. The summed E-state index contributed by atoms with van der Waals surface area (Å²) in [6.07, 6.45) is 2.15. The maximum atomic E-state index is 13.3. The van der Waals surface area contributed by atoms with Crippen molar-refractivity contribution < 1.29 is 22.7 Å². The van der Waals surface area contributed by atoms with Crippen molar-refractivity contribution in [1.29, 1.82) is 0 Å². The summed E-state index contributed by atoms with van der Waals surface area (Å²) in [5.74, 6) is -1.91. The predicted octanol–water partition coefficient (Wildman–Crippen LogP) is 3.26. The highest BCUT2D eigenvalue weighted by Crippen LogP contribution is 2.44. The van der Waals surface area contributed by atoms with Gasteiger partial charge < -0.3 is 5.11 Å². The number of carboxylic acids is 1. The van der Waals surface area contributed by atoms with Crippen molar-refractivity contribution in [2.24, 2.45) is 0 Å². The van der Waals surface area contributed by atoms with Crippen LogP contribution in [0.2, 0.25) is 0 Å². The highest BCUT2D eigenvalue weighted by molar-refractivity contribution is 7.94. The molecule has 22 heavy (non-hydrogen) atoms. The Morgan fingerprint density at radius 1 is 1.27 bits per heavy atom. The molecule has 0 amide bonds. The zero-order chi connectivity index (χ0) is 15.9. The van der Waals surface area contributed by atoms with Crippen molar-refractivity contribution in [3.8, 4) is 0 Å². The highest BCUT2D eigenvalue weighted by atomic mass is 32.2. The fourth-order valence-electron chi connectivity index (χ4n) is 2.02. The molecule has 116 valence electrons. The summed E-state index contributed by atoms with van der Waals surface area (Å²) >= 11 is 1.20. The molecule has 0 unspecified atom stereocenters. The first-order valence-electron chi connectivity index (χ1n) is 6.52. The van der Waals surface area contributed by atoms with E-state index in [4.69, 9.17) is 5.11 Å². The first kappa shape index (κ1) is 15.0. The molecule has 1 aliphatic carbocycles. The molecule has 2 N–H and O–H groups in total. The van der Waals surface area contributed by atoms with E-state index < -0.39 is 27.4 Å². The normalized spacial score (nSPS) is 14.8. The fraction of sp³-hybridized carbons (Fsp3) is 0.214. The van der Waals surface area contributed by atoms with Gasteiger partial charge in [-0.3, -0.25) is 4.72 Å². The molecular formula is C14H12FNO4S2. The molecule has 1 heterocycles. The van der Waals surface area contributed by atoms with E-state index in [0.717, 1.165) is 29.9 Å². The van der Waals surface area contributed by atoms with E-state index in [1.54, 1.807) is 6.07 Å². The van der Waals surface area contributed by atoms with E-state index in [0.29, 0.717) is 5.92 Å². The van der Waals surface area contributed by atoms with Crippen LogP contribution in [-0.4, -0.2) is 19.5 Å². The third-order valence-electron chi connectivity index (χ3n) is 3.30. The lowest BCUT2D eigenvalue weighted by Crippen LogP contribution is -2.12. The van der Waals surface area contributed by atoms with E-state index >= 15 is 0 Å². The number of thiophene rings is 1.